The summed E-state index contributed by atoms with van der Waals surface area (Å²) in [6, 6.07) is 19.3. The topological polar surface area (TPSA) is 128 Å². The quantitative estimate of drug-likeness (QED) is 0.227. The first-order chi connectivity index (χ1) is 16.7. The molecule has 0 aliphatic carbocycles. The smallest absolute Gasteiger partial charge is 0.332 e. The maximum absolute atomic E-state index is 13.7. The minimum atomic E-state index is -1.74. The number of aliphatic hydroxyl groups excluding tert-OH is 1. The molecule has 0 heterocycles. The molecule has 3 aromatic rings. The number of aliphatic carboxylic acids is 1. The minimum absolute atomic E-state index is 0.0358. The summed E-state index contributed by atoms with van der Waals surface area (Å²) in [6.07, 6.45) is -1.92. The maximum atomic E-state index is 13.7. The van der Waals surface area contributed by atoms with E-state index in [0.717, 1.165) is 16.7 Å². The fourth-order valence-corrected chi connectivity index (χ4v) is 3.53. The van der Waals surface area contributed by atoms with Crippen molar-refractivity contribution in [3.8, 4) is 11.1 Å². The van der Waals surface area contributed by atoms with Gasteiger partial charge in [0, 0.05) is 17.5 Å². The van der Waals surface area contributed by atoms with Crippen LogP contribution in [0.4, 0.5) is 10.1 Å². The lowest BCUT2D eigenvalue weighted by Gasteiger charge is -2.20. The molecule has 0 bridgehead atoms. The van der Waals surface area contributed by atoms with Gasteiger partial charge in [-0.25, -0.2) is 9.18 Å². The third-order valence-corrected chi connectivity index (χ3v) is 5.35. The molecular weight excluding hydrogens is 477 g/mol. The van der Waals surface area contributed by atoms with Crippen LogP contribution in [-0.4, -0.2) is 40.1 Å². The molecule has 5 N–H and O–H groups in total. The number of halogens is 2. The first kappa shape index (κ1) is 25.7. The highest BCUT2D eigenvalue weighted by Gasteiger charge is 2.24. The van der Waals surface area contributed by atoms with Crippen LogP contribution in [0.5, 0.6) is 0 Å². The second kappa shape index (κ2) is 12.0. The molecule has 0 saturated carbocycles. The van der Waals surface area contributed by atoms with Gasteiger partial charge in [-0.05, 0) is 47.4 Å². The Morgan fingerprint density at radius 3 is 2.29 bits per heavy atom. The van der Waals surface area contributed by atoms with Gasteiger partial charge in [0.15, 0.2) is 6.10 Å². The molecule has 2 amide bonds. The number of carbonyl (C=O) groups is 3. The lowest BCUT2D eigenvalue weighted by Crippen LogP contribution is -2.48. The van der Waals surface area contributed by atoms with E-state index in [9.17, 15) is 23.9 Å². The average Bonchev–Trinajstić information content (AvgIpc) is 2.83. The summed E-state index contributed by atoms with van der Waals surface area (Å²) in [6.45, 7) is 0. The van der Waals surface area contributed by atoms with Crippen LogP contribution in [0, 0.1) is 5.82 Å². The van der Waals surface area contributed by atoms with Crippen molar-refractivity contribution in [3.05, 3.63) is 89.2 Å². The van der Waals surface area contributed by atoms with Crippen LogP contribution >= 0.6 is 11.6 Å². The van der Waals surface area contributed by atoms with Crippen molar-refractivity contribution in [3.63, 3.8) is 0 Å². The van der Waals surface area contributed by atoms with Crippen molar-refractivity contribution in [1.29, 1.82) is 0 Å². The van der Waals surface area contributed by atoms with Crippen molar-refractivity contribution in [2.45, 2.75) is 25.0 Å². The Labute approximate surface area is 205 Å². The van der Waals surface area contributed by atoms with Crippen LogP contribution in [0.25, 0.3) is 11.1 Å². The van der Waals surface area contributed by atoms with Gasteiger partial charge in [0.1, 0.15) is 5.82 Å². The van der Waals surface area contributed by atoms with Gasteiger partial charge < -0.3 is 15.5 Å². The van der Waals surface area contributed by atoms with Crippen LogP contribution in [-0.2, 0) is 20.8 Å². The highest BCUT2D eigenvalue weighted by atomic mass is 35.5. The number of carboxylic acid groups (broad SMARTS) is 1. The predicted octanol–water partition coefficient (Wildman–Crippen LogP) is 3.15. The highest BCUT2D eigenvalue weighted by Crippen LogP contribution is 2.23. The lowest BCUT2D eigenvalue weighted by molar-refractivity contribution is -0.147. The van der Waals surface area contributed by atoms with E-state index < -0.39 is 35.7 Å². The van der Waals surface area contributed by atoms with Gasteiger partial charge >= 0.3 is 17.8 Å². The first-order valence-electron chi connectivity index (χ1n) is 10.6. The SMILES string of the molecule is O=C(NNc1ccccc1F)C(=O)N[C@H](Cc1ccc(-c2cccc(Cl)c2)cc1)C[C@@H](O)C(=O)O. The first-order valence-corrected chi connectivity index (χ1v) is 11.0. The third-order valence-electron chi connectivity index (χ3n) is 5.11. The predicted molar refractivity (Wildman–Crippen MR) is 129 cm³/mol. The monoisotopic (exact) mass is 499 g/mol. The molecule has 0 radical (unpaired) electrons. The van der Waals surface area contributed by atoms with Gasteiger partial charge in [0.2, 0.25) is 0 Å². The van der Waals surface area contributed by atoms with Crippen molar-refractivity contribution in [2.75, 3.05) is 5.43 Å². The zero-order valence-corrected chi connectivity index (χ0v) is 19.1. The number of hydrogen-bond donors (Lipinski definition) is 5. The fourth-order valence-electron chi connectivity index (χ4n) is 3.34. The Balaban J connectivity index is 1.66. The molecule has 0 fully saturated rings. The molecule has 3 rings (SSSR count). The molecule has 0 aliphatic rings. The molecule has 3 aromatic carbocycles. The van der Waals surface area contributed by atoms with E-state index in [4.69, 9.17) is 16.7 Å². The van der Waals surface area contributed by atoms with E-state index in [1.165, 1.54) is 18.2 Å². The molecule has 8 nitrogen and oxygen atoms in total. The second-order valence-corrected chi connectivity index (χ2v) is 8.17. The van der Waals surface area contributed by atoms with Gasteiger partial charge in [-0.1, -0.05) is 60.1 Å². The molecule has 35 heavy (non-hydrogen) atoms. The van der Waals surface area contributed by atoms with Crippen molar-refractivity contribution in [1.82, 2.24) is 10.7 Å². The summed E-state index contributed by atoms with van der Waals surface area (Å²) < 4.78 is 13.7. The zero-order chi connectivity index (χ0) is 25.4. The normalized spacial score (nSPS) is 12.3. The summed E-state index contributed by atoms with van der Waals surface area (Å²) in [5.74, 6) is -4.27. The fraction of sp³-hybridized carbons (Fsp3) is 0.160. The van der Waals surface area contributed by atoms with Crippen LogP contribution in [0.2, 0.25) is 5.02 Å². The average molecular weight is 500 g/mol. The molecule has 0 unspecified atom stereocenters. The largest absolute Gasteiger partial charge is 0.479 e. The summed E-state index contributed by atoms with van der Waals surface area (Å²) in [7, 11) is 0. The minimum Gasteiger partial charge on any atom is -0.479 e. The number of aliphatic hydroxyl groups is 1. The van der Waals surface area contributed by atoms with Crippen LogP contribution in [0.15, 0.2) is 72.8 Å². The Morgan fingerprint density at radius 1 is 0.914 bits per heavy atom. The lowest BCUT2D eigenvalue weighted by atomic mass is 9.98. The van der Waals surface area contributed by atoms with Gasteiger partial charge in [-0.2, -0.15) is 0 Å². The Morgan fingerprint density at radius 2 is 1.63 bits per heavy atom. The molecular formula is C25H23ClFN3O5. The summed E-state index contributed by atoms with van der Waals surface area (Å²) in [4.78, 5) is 35.7. The van der Waals surface area contributed by atoms with Crippen molar-refractivity contribution >= 4 is 35.1 Å². The number of hydrazine groups is 1. The van der Waals surface area contributed by atoms with E-state index in [2.05, 4.69) is 16.2 Å². The van der Waals surface area contributed by atoms with E-state index in [1.54, 1.807) is 24.3 Å². The second-order valence-electron chi connectivity index (χ2n) is 7.73. The number of rotatable bonds is 9. The van der Waals surface area contributed by atoms with Crippen molar-refractivity contribution < 1.29 is 29.0 Å². The van der Waals surface area contributed by atoms with Crippen LogP contribution in [0.3, 0.4) is 0 Å². The summed E-state index contributed by atoms with van der Waals surface area (Å²) in [5, 5.41) is 21.9. The molecule has 0 saturated heterocycles. The maximum Gasteiger partial charge on any atom is 0.332 e. The molecule has 2 atom stereocenters. The molecule has 182 valence electrons. The number of carboxylic acids is 1. The molecule has 0 aromatic heterocycles. The number of hydrogen-bond acceptors (Lipinski definition) is 5. The van der Waals surface area contributed by atoms with Gasteiger partial charge in [-0.15, -0.1) is 0 Å². The van der Waals surface area contributed by atoms with Crippen LogP contribution < -0.4 is 16.2 Å². The van der Waals surface area contributed by atoms with E-state index in [1.807, 2.05) is 30.3 Å². The Kier molecular flexibility index (Phi) is 8.77. The molecule has 0 aliphatic heterocycles. The highest BCUT2D eigenvalue weighted by molar-refractivity contribution is 6.35. The van der Waals surface area contributed by atoms with Gasteiger partial charge in [0.05, 0.1) is 5.69 Å². The number of amides is 2. The number of nitrogens with one attached hydrogen (secondary N) is 3. The molecule has 10 heteroatoms. The molecule has 0 spiro atoms. The Hall–Kier alpha value is -3.95. The van der Waals surface area contributed by atoms with E-state index in [0.29, 0.717) is 5.02 Å². The third kappa shape index (κ3) is 7.53. The standard InChI is InChI=1S/C25H23ClFN3O5/c26-18-5-3-4-17(13-18)16-10-8-15(9-11-16)12-19(14-22(31)25(34)35)28-23(32)24(33)30-29-21-7-2-1-6-20(21)27/h1-11,13,19,22,29,31H,12,14H2,(H,28,32)(H,30,33)(H,34,35)/t19-,22-/m1/s1. The van der Waals surface area contributed by atoms with Crippen LogP contribution in [0.1, 0.15) is 12.0 Å². The van der Waals surface area contributed by atoms with Crippen molar-refractivity contribution in [2.24, 2.45) is 0 Å². The summed E-state index contributed by atoms with van der Waals surface area (Å²) in [5.41, 5.74) is 6.92. The van der Waals surface area contributed by atoms with E-state index >= 15 is 0 Å². The number of benzene rings is 3. The van der Waals surface area contributed by atoms with E-state index in [-0.39, 0.29) is 18.5 Å². The number of para-hydroxylation sites is 1. The zero-order valence-electron chi connectivity index (χ0n) is 18.4. The Bertz CT molecular complexity index is 1210. The van der Waals surface area contributed by atoms with Gasteiger partial charge in [0.25, 0.3) is 0 Å². The van der Waals surface area contributed by atoms with Gasteiger partial charge in [-0.3, -0.25) is 20.4 Å². The number of carbonyl (C=O) groups excluding carboxylic acids is 2. The summed E-state index contributed by atoms with van der Waals surface area (Å²) >= 11 is 6.04. The number of anilines is 1.